The summed E-state index contributed by atoms with van der Waals surface area (Å²) in [7, 11) is 0. The number of aromatic nitrogens is 3. The minimum atomic E-state index is 0.250. The maximum Gasteiger partial charge on any atom is 0.221 e. The predicted octanol–water partition coefficient (Wildman–Crippen LogP) is 2.66. The van der Waals surface area contributed by atoms with Gasteiger partial charge in [-0.3, -0.25) is 4.98 Å². The molecule has 0 bridgehead atoms. The van der Waals surface area contributed by atoms with Crippen molar-refractivity contribution in [2.24, 2.45) is 0 Å². The summed E-state index contributed by atoms with van der Waals surface area (Å²) >= 11 is 0. The summed E-state index contributed by atoms with van der Waals surface area (Å²) in [5.41, 5.74) is 8.44. The number of fused-ring (bicyclic) bond motifs is 1. The second-order valence-corrected chi connectivity index (χ2v) is 4.25. The lowest BCUT2D eigenvalue weighted by Crippen LogP contribution is -2.00. The molecule has 5 heteroatoms. The molecule has 5 nitrogen and oxygen atoms in total. The molecular formula is C14H13N5. The molecule has 0 aliphatic rings. The number of hydrogen-bond acceptors (Lipinski definition) is 5. The van der Waals surface area contributed by atoms with Gasteiger partial charge in [-0.1, -0.05) is 18.2 Å². The van der Waals surface area contributed by atoms with Gasteiger partial charge in [0.1, 0.15) is 5.82 Å². The third kappa shape index (κ3) is 2.30. The Morgan fingerprint density at radius 3 is 2.79 bits per heavy atom. The van der Waals surface area contributed by atoms with E-state index < -0.39 is 0 Å². The van der Waals surface area contributed by atoms with E-state index in [-0.39, 0.29) is 5.95 Å². The summed E-state index contributed by atoms with van der Waals surface area (Å²) in [4.78, 5) is 12.5. The van der Waals surface area contributed by atoms with Gasteiger partial charge in [0, 0.05) is 17.3 Å². The highest BCUT2D eigenvalue weighted by molar-refractivity contribution is 5.92. The normalized spacial score (nSPS) is 10.6. The second kappa shape index (κ2) is 4.53. The van der Waals surface area contributed by atoms with Crippen LogP contribution in [0.2, 0.25) is 0 Å². The van der Waals surface area contributed by atoms with Crippen molar-refractivity contribution >= 4 is 28.4 Å². The molecule has 2 heterocycles. The molecule has 0 atom stereocenters. The summed E-state index contributed by atoms with van der Waals surface area (Å²) in [6, 6.07) is 11.7. The largest absolute Gasteiger partial charge is 0.368 e. The van der Waals surface area contributed by atoms with E-state index in [2.05, 4.69) is 20.3 Å². The highest BCUT2D eigenvalue weighted by Gasteiger charge is 2.04. The van der Waals surface area contributed by atoms with Crippen LogP contribution in [0.5, 0.6) is 0 Å². The van der Waals surface area contributed by atoms with Gasteiger partial charge >= 0.3 is 0 Å². The van der Waals surface area contributed by atoms with Crippen molar-refractivity contribution in [3.05, 3.63) is 48.3 Å². The molecule has 0 aliphatic carbocycles. The molecule has 0 aliphatic heterocycles. The van der Waals surface area contributed by atoms with Gasteiger partial charge < -0.3 is 11.1 Å². The number of aryl methyl sites for hydroxylation is 1. The average Bonchev–Trinajstić information content (AvgIpc) is 2.38. The van der Waals surface area contributed by atoms with Gasteiger partial charge in [-0.2, -0.15) is 4.98 Å². The highest BCUT2D eigenvalue weighted by Crippen LogP contribution is 2.25. The lowest BCUT2D eigenvalue weighted by molar-refractivity contribution is 1.18. The Morgan fingerprint density at radius 1 is 1.11 bits per heavy atom. The van der Waals surface area contributed by atoms with Crippen LogP contribution in [-0.2, 0) is 0 Å². The Kier molecular flexibility index (Phi) is 2.72. The average molecular weight is 251 g/mol. The fourth-order valence-corrected chi connectivity index (χ4v) is 1.99. The van der Waals surface area contributed by atoms with E-state index in [1.165, 1.54) is 0 Å². The van der Waals surface area contributed by atoms with Crippen LogP contribution < -0.4 is 11.1 Å². The minimum absolute atomic E-state index is 0.250. The molecule has 0 saturated carbocycles. The zero-order valence-electron chi connectivity index (χ0n) is 10.5. The Morgan fingerprint density at radius 2 is 1.95 bits per heavy atom. The first-order chi connectivity index (χ1) is 9.22. The number of para-hydroxylation sites is 1. The molecule has 0 amide bonds. The fraction of sp³-hybridized carbons (Fsp3) is 0.0714. The van der Waals surface area contributed by atoms with Crippen molar-refractivity contribution in [2.75, 3.05) is 11.1 Å². The number of nitrogens with two attached hydrogens (primary N) is 1. The SMILES string of the molecule is Cc1cc(Nc2ccnc(N)n2)c2ccccc2n1. The van der Waals surface area contributed by atoms with Crippen molar-refractivity contribution < 1.29 is 0 Å². The molecule has 0 radical (unpaired) electrons. The van der Waals surface area contributed by atoms with E-state index in [0.717, 1.165) is 22.3 Å². The number of rotatable bonds is 2. The Labute approximate surface area is 110 Å². The number of hydrogen-bond donors (Lipinski definition) is 2. The van der Waals surface area contributed by atoms with Crippen molar-refractivity contribution in [3.63, 3.8) is 0 Å². The summed E-state index contributed by atoms with van der Waals surface area (Å²) in [6.07, 6.45) is 1.63. The van der Waals surface area contributed by atoms with Crippen LogP contribution in [-0.4, -0.2) is 15.0 Å². The number of nitrogens with one attached hydrogen (secondary N) is 1. The molecule has 19 heavy (non-hydrogen) atoms. The van der Waals surface area contributed by atoms with Gasteiger partial charge in [-0.05, 0) is 25.1 Å². The molecule has 0 unspecified atom stereocenters. The molecule has 94 valence electrons. The smallest absolute Gasteiger partial charge is 0.221 e. The molecule has 3 N–H and O–H groups in total. The first-order valence-corrected chi connectivity index (χ1v) is 5.94. The van der Waals surface area contributed by atoms with Gasteiger partial charge in [0.2, 0.25) is 5.95 Å². The van der Waals surface area contributed by atoms with Crippen LogP contribution in [0, 0.1) is 6.92 Å². The fourth-order valence-electron chi connectivity index (χ4n) is 1.99. The third-order valence-electron chi connectivity index (χ3n) is 2.78. The number of nitrogens with zero attached hydrogens (tertiary/aromatic N) is 3. The first kappa shape index (κ1) is 11.4. The summed E-state index contributed by atoms with van der Waals surface area (Å²) in [6.45, 7) is 1.96. The molecule has 0 spiro atoms. The monoisotopic (exact) mass is 251 g/mol. The highest BCUT2D eigenvalue weighted by atomic mass is 15.1. The number of benzene rings is 1. The maximum absolute atomic E-state index is 5.58. The summed E-state index contributed by atoms with van der Waals surface area (Å²) in [5, 5.41) is 4.30. The summed E-state index contributed by atoms with van der Waals surface area (Å²) < 4.78 is 0. The molecule has 3 aromatic rings. The minimum Gasteiger partial charge on any atom is -0.368 e. The molecule has 0 fully saturated rings. The van der Waals surface area contributed by atoms with Crippen LogP contribution in [0.1, 0.15) is 5.69 Å². The van der Waals surface area contributed by atoms with E-state index in [1.807, 2.05) is 37.3 Å². The quantitative estimate of drug-likeness (QED) is 0.732. The van der Waals surface area contributed by atoms with Crippen LogP contribution in [0.4, 0.5) is 17.5 Å². The topological polar surface area (TPSA) is 76.7 Å². The van der Waals surface area contributed by atoms with Crippen LogP contribution in [0.3, 0.4) is 0 Å². The predicted molar refractivity (Wildman–Crippen MR) is 76.2 cm³/mol. The van der Waals surface area contributed by atoms with Crippen molar-refractivity contribution in [1.82, 2.24) is 15.0 Å². The second-order valence-electron chi connectivity index (χ2n) is 4.25. The van der Waals surface area contributed by atoms with Crippen LogP contribution in [0.15, 0.2) is 42.6 Å². The van der Waals surface area contributed by atoms with Gasteiger partial charge in [0.25, 0.3) is 0 Å². The Bertz CT molecular complexity index is 739. The zero-order chi connectivity index (χ0) is 13.2. The van der Waals surface area contributed by atoms with Crippen LogP contribution in [0.25, 0.3) is 10.9 Å². The number of nitrogen functional groups attached to an aromatic ring is 1. The number of anilines is 3. The van der Waals surface area contributed by atoms with E-state index in [4.69, 9.17) is 5.73 Å². The molecule has 1 aromatic carbocycles. The van der Waals surface area contributed by atoms with E-state index in [1.54, 1.807) is 12.3 Å². The van der Waals surface area contributed by atoms with E-state index in [9.17, 15) is 0 Å². The van der Waals surface area contributed by atoms with Crippen molar-refractivity contribution in [2.45, 2.75) is 6.92 Å². The first-order valence-electron chi connectivity index (χ1n) is 5.94. The van der Waals surface area contributed by atoms with E-state index in [0.29, 0.717) is 5.82 Å². The summed E-state index contributed by atoms with van der Waals surface area (Å²) in [5.74, 6) is 0.920. The molecule has 2 aromatic heterocycles. The Balaban J connectivity index is 2.09. The van der Waals surface area contributed by atoms with Gasteiger partial charge in [-0.25, -0.2) is 4.98 Å². The van der Waals surface area contributed by atoms with Gasteiger partial charge in [0.15, 0.2) is 0 Å². The molecule has 3 rings (SSSR count). The van der Waals surface area contributed by atoms with Gasteiger partial charge in [0.05, 0.1) is 11.2 Å². The van der Waals surface area contributed by atoms with Crippen LogP contribution >= 0.6 is 0 Å². The lowest BCUT2D eigenvalue weighted by atomic mass is 10.1. The Hall–Kier alpha value is -2.69. The standard InChI is InChI=1S/C14H13N5/c1-9-8-12(10-4-2-3-5-11(10)17-9)18-13-6-7-16-14(15)19-13/h2-8H,1H3,(H3,15,16,17,18,19). The van der Waals surface area contributed by atoms with E-state index >= 15 is 0 Å². The van der Waals surface area contributed by atoms with Crippen molar-refractivity contribution in [3.8, 4) is 0 Å². The maximum atomic E-state index is 5.58. The number of pyridine rings is 1. The third-order valence-corrected chi connectivity index (χ3v) is 2.78. The van der Waals surface area contributed by atoms with Gasteiger partial charge in [-0.15, -0.1) is 0 Å². The lowest BCUT2D eigenvalue weighted by Gasteiger charge is -2.10. The molecular weight excluding hydrogens is 238 g/mol. The van der Waals surface area contributed by atoms with Crippen molar-refractivity contribution in [1.29, 1.82) is 0 Å². The zero-order valence-corrected chi connectivity index (χ0v) is 10.5. The molecule has 0 saturated heterocycles.